The van der Waals surface area contributed by atoms with Gasteiger partial charge in [-0.3, -0.25) is 0 Å². The third-order valence-electron chi connectivity index (χ3n) is 3.15. The van der Waals surface area contributed by atoms with E-state index in [1.54, 1.807) is 0 Å². The van der Waals surface area contributed by atoms with E-state index in [-0.39, 0.29) is 5.82 Å². The van der Waals surface area contributed by atoms with Gasteiger partial charge in [0, 0.05) is 12.2 Å². The number of hydrogen-bond donors (Lipinski definition) is 2. The molecule has 0 heterocycles. The summed E-state index contributed by atoms with van der Waals surface area (Å²) in [5.41, 5.74) is 3.34. The fourth-order valence-corrected chi connectivity index (χ4v) is 2.18. The second-order valence-electron chi connectivity index (χ2n) is 4.98. The highest BCUT2D eigenvalue weighted by Gasteiger charge is 1.98. The Morgan fingerprint density at radius 2 is 1.71 bits per heavy atom. The molecule has 0 aromatic heterocycles. The Kier molecular flexibility index (Phi) is 5.69. The van der Waals surface area contributed by atoms with Crippen molar-refractivity contribution in [2.24, 2.45) is 0 Å². The fourth-order valence-electron chi connectivity index (χ4n) is 1.96. The number of nitrogens with one attached hydrogen (secondary N) is 2. The molecule has 0 aliphatic rings. The molecule has 2 N–H and O–H groups in total. The van der Waals surface area contributed by atoms with Crippen molar-refractivity contribution in [1.82, 2.24) is 5.32 Å². The highest BCUT2D eigenvalue weighted by molar-refractivity contribution is 7.80. The number of rotatable bonds is 5. The first kappa shape index (κ1) is 15.4. The van der Waals surface area contributed by atoms with Crippen molar-refractivity contribution in [3.8, 4) is 0 Å². The maximum atomic E-state index is 12.8. The minimum Gasteiger partial charge on any atom is -0.362 e. The molecule has 0 aliphatic heterocycles. The molecule has 0 atom stereocenters. The van der Waals surface area contributed by atoms with Crippen LogP contribution in [0.3, 0.4) is 0 Å². The molecule has 2 aromatic rings. The smallest absolute Gasteiger partial charge is 0.170 e. The summed E-state index contributed by atoms with van der Waals surface area (Å²) in [5, 5.41) is 6.94. The van der Waals surface area contributed by atoms with E-state index in [1.807, 2.05) is 36.4 Å². The van der Waals surface area contributed by atoms with E-state index in [2.05, 4.69) is 17.6 Å². The van der Waals surface area contributed by atoms with Gasteiger partial charge in [0.15, 0.2) is 5.11 Å². The van der Waals surface area contributed by atoms with Crippen LogP contribution in [0.5, 0.6) is 0 Å². The molecule has 4 heteroatoms. The molecule has 0 fully saturated rings. The van der Waals surface area contributed by atoms with Crippen LogP contribution in [0.15, 0.2) is 48.5 Å². The zero-order valence-corrected chi connectivity index (χ0v) is 12.8. The predicted molar refractivity (Wildman–Crippen MR) is 90.1 cm³/mol. The van der Waals surface area contributed by atoms with Gasteiger partial charge in [-0.05, 0) is 61.8 Å². The quantitative estimate of drug-likeness (QED) is 0.643. The number of thiocarbonyl (C=S) groups is 1. The van der Waals surface area contributed by atoms with Crippen LogP contribution in [-0.2, 0) is 6.42 Å². The van der Waals surface area contributed by atoms with Crippen LogP contribution in [0, 0.1) is 12.7 Å². The molecule has 0 radical (unpaired) electrons. The summed E-state index contributed by atoms with van der Waals surface area (Å²) in [6, 6.07) is 14.7. The largest absolute Gasteiger partial charge is 0.362 e. The number of aryl methyl sites for hydroxylation is 2. The summed E-state index contributed by atoms with van der Waals surface area (Å²) in [7, 11) is 0. The number of halogens is 1. The Labute approximate surface area is 130 Å². The molecular formula is C17H19FN2S. The molecule has 0 saturated heterocycles. The molecule has 110 valence electrons. The van der Waals surface area contributed by atoms with Crippen LogP contribution in [0.2, 0.25) is 0 Å². The highest BCUT2D eigenvalue weighted by atomic mass is 32.1. The van der Waals surface area contributed by atoms with Gasteiger partial charge in [0.25, 0.3) is 0 Å². The molecule has 21 heavy (non-hydrogen) atoms. The van der Waals surface area contributed by atoms with E-state index in [4.69, 9.17) is 12.2 Å². The van der Waals surface area contributed by atoms with Crippen LogP contribution in [0.4, 0.5) is 10.1 Å². The summed E-state index contributed by atoms with van der Waals surface area (Å²) < 4.78 is 12.8. The van der Waals surface area contributed by atoms with Gasteiger partial charge in [0.1, 0.15) is 5.82 Å². The van der Waals surface area contributed by atoms with Gasteiger partial charge in [-0.15, -0.1) is 0 Å². The number of anilines is 1. The number of hydrogen-bond acceptors (Lipinski definition) is 1. The Hall–Kier alpha value is -1.94. The van der Waals surface area contributed by atoms with Crippen LogP contribution in [-0.4, -0.2) is 11.7 Å². The van der Waals surface area contributed by atoms with Crippen molar-refractivity contribution in [2.45, 2.75) is 19.8 Å². The Balaban J connectivity index is 1.67. The van der Waals surface area contributed by atoms with E-state index in [1.165, 1.54) is 17.7 Å². The van der Waals surface area contributed by atoms with E-state index in [0.717, 1.165) is 30.6 Å². The van der Waals surface area contributed by atoms with Crippen molar-refractivity contribution < 1.29 is 4.39 Å². The summed E-state index contributed by atoms with van der Waals surface area (Å²) in [4.78, 5) is 0. The maximum absolute atomic E-state index is 12.8. The second kappa shape index (κ2) is 7.74. The molecular weight excluding hydrogens is 283 g/mol. The standard InChI is InChI=1S/C17H19FN2S/c1-13-4-10-16(11-5-13)20-17(21)19-12-2-3-14-6-8-15(18)9-7-14/h4-11H,2-3,12H2,1H3,(H2,19,20,21). The third-order valence-corrected chi connectivity index (χ3v) is 3.40. The molecule has 0 unspecified atom stereocenters. The lowest BCUT2D eigenvalue weighted by molar-refractivity contribution is 0.626. The maximum Gasteiger partial charge on any atom is 0.170 e. The van der Waals surface area contributed by atoms with Gasteiger partial charge in [0.05, 0.1) is 0 Å². The monoisotopic (exact) mass is 302 g/mol. The van der Waals surface area contributed by atoms with Crippen LogP contribution in [0.1, 0.15) is 17.5 Å². The van der Waals surface area contributed by atoms with Crippen molar-refractivity contribution in [3.63, 3.8) is 0 Å². The van der Waals surface area contributed by atoms with Gasteiger partial charge in [0.2, 0.25) is 0 Å². The molecule has 0 spiro atoms. The molecule has 0 aliphatic carbocycles. The predicted octanol–water partition coefficient (Wildman–Crippen LogP) is 4.05. The molecule has 2 aromatic carbocycles. The highest BCUT2D eigenvalue weighted by Crippen LogP contribution is 2.08. The summed E-state index contributed by atoms with van der Waals surface area (Å²) in [6.45, 7) is 2.84. The van der Waals surface area contributed by atoms with Gasteiger partial charge in [-0.1, -0.05) is 29.8 Å². The Morgan fingerprint density at radius 3 is 2.38 bits per heavy atom. The van der Waals surface area contributed by atoms with Crippen molar-refractivity contribution in [3.05, 3.63) is 65.5 Å². The van der Waals surface area contributed by atoms with Gasteiger partial charge >= 0.3 is 0 Å². The van der Waals surface area contributed by atoms with Crippen molar-refractivity contribution in [1.29, 1.82) is 0 Å². The minimum atomic E-state index is -0.194. The zero-order valence-electron chi connectivity index (χ0n) is 12.0. The van der Waals surface area contributed by atoms with E-state index in [9.17, 15) is 4.39 Å². The normalized spacial score (nSPS) is 10.2. The first-order valence-corrected chi connectivity index (χ1v) is 7.40. The summed E-state index contributed by atoms with van der Waals surface area (Å²) in [5.74, 6) is -0.194. The fraction of sp³-hybridized carbons (Fsp3) is 0.235. The van der Waals surface area contributed by atoms with Gasteiger partial charge < -0.3 is 10.6 Å². The van der Waals surface area contributed by atoms with E-state index in [0.29, 0.717) is 5.11 Å². The molecule has 0 amide bonds. The van der Waals surface area contributed by atoms with E-state index < -0.39 is 0 Å². The molecule has 0 saturated carbocycles. The molecule has 0 bridgehead atoms. The first-order valence-electron chi connectivity index (χ1n) is 6.99. The van der Waals surface area contributed by atoms with Crippen LogP contribution >= 0.6 is 12.2 Å². The van der Waals surface area contributed by atoms with Crippen molar-refractivity contribution in [2.75, 3.05) is 11.9 Å². The lowest BCUT2D eigenvalue weighted by Gasteiger charge is -2.10. The summed E-state index contributed by atoms with van der Waals surface area (Å²) >= 11 is 5.24. The average molecular weight is 302 g/mol. The first-order chi connectivity index (χ1) is 10.1. The topological polar surface area (TPSA) is 24.1 Å². The Bertz CT molecular complexity index is 579. The zero-order chi connectivity index (χ0) is 15.1. The van der Waals surface area contributed by atoms with Crippen LogP contribution < -0.4 is 10.6 Å². The number of benzene rings is 2. The van der Waals surface area contributed by atoms with Crippen LogP contribution in [0.25, 0.3) is 0 Å². The van der Waals surface area contributed by atoms with E-state index >= 15 is 0 Å². The SMILES string of the molecule is Cc1ccc(NC(=S)NCCCc2ccc(F)cc2)cc1. The molecule has 2 rings (SSSR count). The second-order valence-corrected chi connectivity index (χ2v) is 5.39. The van der Waals surface area contributed by atoms with Gasteiger partial charge in [-0.2, -0.15) is 0 Å². The minimum absolute atomic E-state index is 0.194. The Morgan fingerprint density at radius 1 is 1.05 bits per heavy atom. The average Bonchev–Trinajstić information content (AvgIpc) is 2.48. The molecule has 2 nitrogen and oxygen atoms in total. The van der Waals surface area contributed by atoms with Gasteiger partial charge in [-0.25, -0.2) is 4.39 Å². The van der Waals surface area contributed by atoms with Crippen molar-refractivity contribution >= 4 is 23.0 Å². The lowest BCUT2D eigenvalue weighted by Crippen LogP contribution is -2.29. The third kappa shape index (κ3) is 5.52. The lowest BCUT2D eigenvalue weighted by atomic mass is 10.1. The summed E-state index contributed by atoms with van der Waals surface area (Å²) in [6.07, 6.45) is 1.85.